The van der Waals surface area contributed by atoms with Crippen LogP contribution in [0.3, 0.4) is 0 Å². The maximum absolute atomic E-state index is 12.2. The van der Waals surface area contributed by atoms with Gasteiger partial charge in [0.1, 0.15) is 5.82 Å². The summed E-state index contributed by atoms with van der Waals surface area (Å²) in [6.45, 7) is 7.93. The van der Waals surface area contributed by atoms with E-state index in [1.54, 1.807) is 0 Å². The number of aryl methyl sites for hydroxylation is 4. The average Bonchev–Trinajstić information content (AvgIpc) is 2.81. The van der Waals surface area contributed by atoms with E-state index in [4.69, 9.17) is 0 Å². The molecule has 0 aliphatic heterocycles. The van der Waals surface area contributed by atoms with Crippen LogP contribution in [-0.4, -0.2) is 21.1 Å². The molecule has 0 radical (unpaired) electrons. The number of nitrogens with one attached hydrogen (secondary N) is 2. The van der Waals surface area contributed by atoms with Crippen LogP contribution in [0.25, 0.3) is 0 Å². The number of carbonyl (C=O) groups excluding carboxylic acids is 1. The summed E-state index contributed by atoms with van der Waals surface area (Å²) in [5.74, 6) is 0.897. The van der Waals surface area contributed by atoms with Crippen LogP contribution >= 0.6 is 0 Å². The third-order valence-electron chi connectivity index (χ3n) is 3.18. The summed E-state index contributed by atoms with van der Waals surface area (Å²) >= 11 is 0. The Morgan fingerprint density at radius 1 is 1.21 bits per heavy atom. The number of benzene rings is 1. The third kappa shape index (κ3) is 2.81. The number of hydrogen-bond donors (Lipinski definition) is 2. The fourth-order valence-corrected chi connectivity index (χ4v) is 1.88. The van der Waals surface area contributed by atoms with Gasteiger partial charge in [0.25, 0.3) is 5.91 Å². The van der Waals surface area contributed by atoms with Crippen molar-refractivity contribution in [3.63, 3.8) is 0 Å². The monoisotopic (exact) mass is 258 g/mol. The topological polar surface area (TPSA) is 70.7 Å². The summed E-state index contributed by atoms with van der Waals surface area (Å²) in [7, 11) is 0. The van der Waals surface area contributed by atoms with Crippen molar-refractivity contribution in [1.29, 1.82) is 0 Å². The van der Waals surface area contributed by atoms with E-state index in [1.165, 1.54) is 5.56 Å². The summed E-state index contributed by atoms with van der Waals surface area (Å²) < 4.78 is 0. The van der Waals surface area contributed by atoms with E-state index >= 15 is 0 Å². The number of aromatic nitrogens is 3. The smallest absolute Gasteiger partial charge is 0.258 e. The molecule has 100 valence electrons. The maximum Gasteiger partial charge on any atom is 0.258 e. The Hall–Kier alpha value is -2.17. The Balaban J connectivity index is 2.22. The molecule has 0 spiro atoms. The van der Waals surface area contributed by atoms with Crippen LogP contribution in [0.4, 0.5) is 5.95 Å². The number of anilines is 1. The molecule has 5 heteroatoms. The molecular formula is C14H18N4O. The predicted octanol–water partition coefficient (Wildman–Crippen LogP) is 2.54. The van der Waals surface area contributed by atoms with E-state index in [0.717, 1.165) is 23.4 Å². The fraction of sp³-hybridized carbons (Fsp3) is 0.357. The molecule has 2 N–H and O–H groups in total. The van der Waals surface area contributed by atoms with Gasteiger partial charge in [0, 0.05) is 12.0 Å². The zero-order valence-electron chi connectivity index (χ0n) is 11.7. The lowest BCUT2D eigenvalue weighted by Crippen LogP contribution is -2.15. The lowest BCUT2D eigenvalue weighted by molar-refractivity contribution is 0.102. The molecule has 1 amide bonds. The fourth-order valence-electron chi connectivity index (χ4n) is 1.88. The highest BCUT2D eigenvalue weighted by atomic mass is 16.1. The largest absolute Gasteiger partial charge is 0.289 e. The van der Waals surface area contributed by atoms with Gasteiger partial charge in [0.15, 0.2) is 0 Å². The highest BCUT2D eigenvalue weighted by Gasteiger charge is 2.13. The Labute approximate surface area is 112 Å². The van der Waals surface area contributed by atoms with E-state index in [2.05, 4.69) is 20.5 Å². The summed E-state index contributed by atoms with van der Waals surface area (Å²) in [5.41, 5.74) is 3.89. The summed E-state index contributed by atoms with van der Waals surface area (Å²) in [6.07, 6.45) is 0.755. The van der Waals surface area contributed by atoms with Crippen molar-refractivity contribution >= 4 is 11.9 Å². The average molecular weight is 258 g/mol. The molecule has 5 nitrogen and oxygen atoms in total. The zero-order valence-corrected chi connectivity index (χ0v) is 11.7. The van der Waals surface area contributed by atoms with Crippen molar-refractivity contribution in [3.8, 4) is 0 Å². The normalized spacial score (nSPS) is 10.5. The van der Waals surface area contributed by atoms with Crippen molar-refractivity contribution in [2.24, 2.45) is 0 Å². The number of amides is 1. The van der Waals surface area contributed by atoms with E-state index in [-0.39, 0.29) is 5.91 Å². The van der Waals surface area contributed by atoms with Crippen molar-refractivity contribution in [3.05, 3.63) is 40.2 Å². The van der Waals surface area contributed by atoms with Crippen LogP contribution in [0.5, 0.6) is 0 Å². The molecule has 1 aromatic carbocycles. The summed E-state index contributed by atoms with van der Waals surface area (Å²) in [5, 5.41) is 9.43. The number of rotatable bonds is 3. The van der Waals surface area contributed by atoms with Gasteiger partial charge in [-0.05, 0) is 43.5 Å². The first-order valence-electron chi connectivity index (χ1n) is 6.31. The molecule has 0 saturated carbocycles. The van der Waals surface area contributed by atoms with Gasteiger partial charge in [0.05, 0.1) is 0 Å². The molecule has 19 heavy (non-hydrogen) atoms. The van der Waals surface area contributed by atoms with E-state index < -0.39 is 0 Å². The standard InChI is InChI=1S/C14H18N4O/c1-5-12-15-14(18-17-12)16-13(19)11-7-9(3)8(2)6-10(11)4/h6-7H,5H2,1-4H3,(H2,15,16,17,18,19). The number of hydrogen-bond acceptors (Lipinski definition) is 3. The van der Waals surface area contributed by atoms with Crippen LogP contribution < -0.4 is 5.32 Å². The molecule has 0 unspecified atom stereocenters. The summed E-state index contributed by atoms with van der Waals surface area (Å²) in [6, 6.07) is 3.91. The quantitative estimate of drug-likeness (QED) is 0.888. The Morgan fingerprint density at radius 2 is 1.89 bits per heavy atom. The SMILES string of the molecule is CCc1nc(NC(=O)c2cc(C)c(C)cc2C)n[nH]1. The van der Waals surface area contributed by atoms with Crippen molar-refractivity contribution in [2.45, 2.75) is 34.1 Å². The molecule has 1 heterocycles. The minimum atomic E-state index is -0.178. The molecule has 1 aromatic heterocycles. The van der Waals surface area contributed by atoms with Gasteiger partial charge >= 0.3 is 0 Å². The molecule has 0 saturated heterocycles. The molecule has 0 aliphatic carbocycles. The highest BCUT2D eigenvalue weighted by Crippen LogP contribution is 2.16. The van der Waals surface area contributed by atoms with Crippen molar-refractivity contribution in [1.82, 2.24) is 15.2 Å². The van der Waals surface area contributed by atoms with Gasteiger partial charge in [0.2, 0.25) is 5.95 Å². The molecule has 2 aromatic rings. The highest BCUT2D eigenvalue weighted by molar-refractivity contribution is 6.04. The Kier molecular flexibility index (Phi) is 3.64. The van der Waals surface area contributed by atoms with Gasteiger partial charge in [-0.1, -0.05) is 13.0 Å². The second-order valence-corrected chi connectivity index (χ2v) is 4.66. The lowest BCUT2D eigenvalue weighted by atomic mass is 10.0. The van der Waals surface area contributed by atoms with E-state index in [1.807, 2.05) is 39.8 Å². The van der Waals surface area contributed by atoms with Crippen LogP contribution in [0.15, 0.2) is 12.1 Å². The van der Waals surface area contributed by atoms with Crippen molar-refractivity contribution in [2.75, 3.05) is 5.32 Å². The first-order valence-corrected chi connectivity index (χ1v) is 6.31. The third-order valence-corrected chi connectivity index (χ3v) is 3.18. The zero-order chi connectivity index (χ0) is 14.0. The van der Waals surface area contributed by atoms with Gasteiger partial charge in [-0.25, -0.2) is 0 Å². The first kappa shape index (κ1) is 13.3. The van der Waals surface area contributed by atoms with Gasteiger partial charge in [-0.15, -0.1) is 5.10 Å². The predicted molar refractivity (Wildman–Crippen MR) is 74.4 cm³/mol. The number of H-pyrrole nitrogens is 1. The van der Waals surface area contributed by atoms with Crippen LogP contribution in [-0.2, 0) is 6.42 Å². The lowest BCUT2D eigenvalue weighted by Gasteiger charge is -2.08. The second-order valence-electron chi connectivity index (χ2n) is 4.66. The number of nitrogens with zero attached hydrogens (tertiary/aromatic N) is 2. The minimum absolute atomic E-state index is 0.178. The van der Waals surface area contributed by atoms with Crippen LogP contribution in [0.2, 0.25) is 0 Å². The Morgan fingerprint density at radius 3 is 2.53 bits per heavy atom. The molecule has 0 bridgehead atoms. The van der Waals surface area contributed by atoms with E-state index in [0.29, 0.717) is 11.5 Å². The Bertz CT molecular complexity index is 616. The van der Waals surface area contributed by atoms with E-state index in [9.17, 15) is 4.79 Å². The molecule has 2 rings (SSSR count). The molecule has 0 aliphatic rings. The maximum atomic E-state index is 12.2. The van der Waals surface area contributed by atoms with Crippen LogP contribution in [0.1, 0.15) is 39.8 Å². The second kappa shape index (κ2) is 5.22. The number of carbonyl (C=O) groups is 1. The molecule has 0 atom stereocenters. The first-order chi connectivity index (χ1) is 9.01. The minimum Gasteiger partial charge on any atom is -0.289 e. The van der Waals surface area contributed by atoms with Gasteiger partial charge in [-0.3, -0.25) is 15.2 Å². The van der Waals surface area contributed by atoms with Gasteiger partial charge in [-0.2, -0.15) is 4.98 Å². The van der Waals surface area contributed by atoms with Crippen LogP contribution in [0, 0.1) is 20.8 Å². The molecule has 0 fully saturated rings. The van der Waals surface area contributed by atoms with Crippen molar-refractivity contribution < 1.29 is 4.79 Å². The molecular weight excluding hydrogens is 240 g/mol. The van der Waals surface area contributed by atoms with Gasteiger partial charge < -0.3 is 0 Å². The summed E-state index contributed by atoms with van der Waals surface area (Å²) in [4.78, 5) is 16.4. The number of aromatic amines is 1.